The highest BCUT2D eigenvalue weighted by atomic mass is 79.9. The standard InChI is InChI=1S/C21H25BrN2O4/c1-26-18-11-15(12-19(13-18)27-2)21(25)24-8-6-23(7-9-24)14-16-10-17(22)4-5-20(16)28-3/h4-5,10-13H,6-9,14H2,1-3H3/p+1. The van der Waals surface area contributed by atoms with Crippen molar-refractivity contribution in [3.63, 3.8) is 0 Å². The number of quaternary nitrogens is 1. The summed E-state index contributed by atoms with van der Waals surface area (Å²) in [5, 5.41) is 0. The van der Waals surface area contributed by atoms with Gasteiger partial charge < -0.3 is 24.0 Å². The smallest absolute Gasteiger partial charge is 0.254 e. The summed E-state index contributed by atoms with van der Waals surface area (Å²) >= 11 is 3.53. The lowest BCUT2D eigenvalue weighted by molar-refractivity contribution is -0.917. The van der Waals surface area contributed by atoms with Crippen LogP contribution in [-0.2, 0) is 6.54 Å². The van der Waals surface area contributed by atoms with Crippen molar-refractivity contribution in [2.75, 3.05) is 47.5 Å². The van der Waals surface area contributed by atoms with Gasteiger partial charge in [-0.1, -0.05) is 15.9 Å². The number of amides is 1. The van der Waals surface area contributed by atoms with Crippen molar-refractivity contribution in [3.05, 3.63) is 52.0 Å². The van der Waals surface area contributed by atoms with Gasteiger partial charge in [0.1, 0.15) is 23.8 Å². The first-order valence-electron chi connectivity index (χ1n) is 9.22. The van der Waals surface area contributed by atoms with E-state index in [0.29, 0.717) is 30.2 Å². The molecule has 7 heteroatoms. The molecular formula is C21H26BrN2O4+. The zero-order chi connectivity index (χ0) is 20.1. The Morgan fingerprint density at radius 1 is 1.00 bits per heavy atom. The van der Waals surface area contributed by atoms with Crippen LogP contribution < -0.4 is 19.1 Å². The molecular weight excluding hydrogens is 424 g/mol. The van der Waals surface area contributed by atoms with Crippen LogP contribution in [0.25, 0.3) is 0 Å². The molecule has 3 rings (SSSR count). The Morgan fingerprint density at radius 2 is 1.64 bits per heavy atom. The normalized spacial score (nSPS) is 14.6. The molecule has 0 bridgehead atoms. The van der Waals surface area contributed by atoms with Gasteiger partial charge in [0.25, 0.3) is 5.91 Å². The highest BCUT2D eigenvalue weighted by Gasteiger charge is 2.26. The minimum atomic E-state index is 0.0105. The van der Waals surface area contributed by atoms with E-state index in [4.69, 9.17) is 14.2 Å². The predicted molar refractivity (Wildman–Crippen MR) is 111 cm³/mol. The number of hydrogen-bond donors (Lipinski definition) is 1. The predicted octanol–water partition coefficient (Wildman–Crippen LogP) is 2.02. The van der Waals surface area contributed by atoms with E-state index in [1.807, 2.05) is 17.0 Å². The van der Waals surface area contributed by atoms with Gasteiger partial charge in [0, 0.05) is 21.7 Å². The number of ether oxygens (including phenoxy) is 3. The van der Waals surface area contributed by atoms with Gasteiger partial charge in [-0.3, -0.25) is 4.79 Å². The molecule has 2 aromatic carbocycles. The van der Waals surface area contributed by atoms with Crippen molar-refractivity contribution < 1.29 is 23.9 Å². The second kappa shape index (κ2) is 9.30. The monoisotopic (exact) mass is 449 g/mol. The first-order valence-corrected chi connectivity index (χ1v) is 10.0. The summed E-state index contributed by atoms with van der Waals surface area (Å²) in [5.74, 6) is 2.15. The Hall–Kier alpha value is -2.25. The molecule has 0 saturated carbocycles. The Labute approximate surface area is 174 Å². The number of nitrogens with one attached hydrogen (secondary N) is 1. The lowest BCUT2D eigenvalue weighted by Gasteiger charge is -2.32. The summed E-state index contributed by atoms with van der Waals surface area (Å²) in [7, 11) is 4.86. The van der Waals surface area contributed by atoms with Crippen LogP contribution in [0, 0.1) is 0 Å². The van der Waals surface area contributed by atoms with Crippen LogP contribution in [0.1, 0.15) is 15.9 Å². The van der Waals surface area contributed by atoms with Gasteiger partial charge >= 0.3 is 0 Å². The largest absolute Gasteiger partial charge is 0.497 e. The van der Waals surface area contributed by atoms with E-state index in [2.05, 4.69) is 22.0 Å². The third-order valence-electron chi connectivity index (χ3n) is 5.04. The molecule has 1 N–H and O–H groups in total. The van der Waals surface area contributed by atoms with Crippen molar-refractivity contribution in [2.24, 2.45) is 0 Å². The maximum Gasteiger partial charge on any atom is 0.254 e. The van der Waals surface area contributed by atoms with Crippen LogP contribution >= 0.6 is 15.9 Å². The second-order valence-corrected chi connectivity index (χ2v) is 7.69. The molecule has 1 aliphatic heterocycles. The topological polar surface area (TPSA) is 52.4 Å². The molecule has 0 atom stereocenters. The Kier molecular flexibility index (Phi) is 6.80. The highest BCUT2D eigenvalue weighted by Crippen LogP contribution is 2.24. The van der Waals surface area contributed by atoms with Gasteiger partial charge in [0.15, 0.2) is 0 Å². The molecule has 0 spiro atoms. The number of benzene rings is 2. The number of hydrogen-bond acceptors (Lipinski definition) is 4. The molecule has 150 valence electrons. The van der Waals surface area contributed by atoms with Crippen molar-refractivity contribution >= 4 is 21.8 Å². The SMILES string of the molecule is COc1cc(OC)cc(C(=O)N2CC[NH+](Cc3cc(Br)ccc3OC)CC2)c1. The van der Waals surface area contributed by atoms with Crippen molar-refractivity contribution in [3.8, 4) is 17.2 Å². The molecule has 0 radical (unpaired) electrons. The first-order chi connectivity index (χ1) is 13.5. The fourth-order valence-corrected chi connectivity index (χ4v) is 3.88. The van der Waals surface area contributed by atoms with Gasteiger partial charge in [-0.2, -0.15) is 0 Å². The van der Waals surface area contributed by atoms with Crippen molar-refractivity contribution in [2.45, 2.75) is 6.54 Å². The quantitative estimate of drug-likeness (QED) is 0.732. The number of nitrogens with zero attached hydrogens (tertiary/aromatic N) is 1. The summed E-state index contributed by atoms with van der Waals surface area (Å²) in [6, 6.07) is 11.4. The summed E-state index contributed by atoms with van der Waals surface area (Å²) in [6.45, 7) is 4.08. The Bertz CT molecular complexity index is 813. The zero-order valence-electron chi connectivity index (χ0n) is 16.5. The average Bonchev–Trinajstić information content (AvgIpc) is 2.73. The maximum absolute atomic E-state index is 12.9. The van der Waals surface area contributed by atoms with E-state index in [9.17, 15) is 4.79 Å². The molecule has 0 aromatic heterocycles. The van der Waals surface area contributed by atoms with Gasteiger partial charge in [0.2, 0.25) is 0 Å². The highest BCUT2D eigenvalue weighted by molar-refractivity contribution is 9.10. The van der Waals surface area contributed by atoms with E-state index in [1.165, 1.54) is 10.5 Å². The van der Waals surface area contributed by atoms with Crippen LogP contribution in [0.15, 0.2) is 40.9 Å². The summed E-state index contributed by atoms with van der Waals surface area (Å²) < 4.78 is 17.1. The zero-order valence-corrected chi connectivity index (χ0v) is 18.0. The van der Waals surface area contributed by atoms with Crippen molar-refractivity contribution in [1.82, 2.24) is 4.90 Å². The summed E-state index contributed by atoms with van der Waals surface area (Å²) in [6.07, 6.45) is 0. The maximum atomic E-state index is 12.9. The number of carbonyl (C=O) groups is 1. The van der Waals surface area contributed by atoms with E-state index < -0.39 is 0 Å². The summed E-state index contributed by atoms with van der Waals surface area (Å²) in [5.41, 5.74) is 1.76. The molecule has 1 saturated heterocycles. The lowest BCUT2D eigenvalue weighted by atomic mass is 10.1. The van der Waals surface area contributed by atoms with E-state index in [0.717, 1.165) is 29.9 Å². The third-order valence-corrected chi connectivity index (χ3v) is 5.53. The first kappa shape index (κ1) is 20.5. The van der Waals surface area contributed by atoms with E-state index in [1.54, 1.807) is 39.5 Å². The van der Waals surface area contributed by atoms with Crippen LogP contribution in [-0.4, -0.2) is 58.3 Å². The van der Waals surface area contributed by atoms with Crippen LogP contribution in [0.5, 0.6) is 17.2 Å². The van der Waals surface area contributed by atoms with Gasteiger partial charge in [0.05, 0.1) is 47.5 Å². The Morgan fingerprint density at radius 3 is 2.21 bits per heavy atom. The third kappa shape index (κ3) is 4.77. The molecule has 1 amide bonds. The average molecular weight is 450 g/mol. The number of piperazine rings is 1. The number of carbonyl (C=O) groups excluding carboxylic acids is 1. The molecule has 1 heterocycles. The van der Waals surface area contributed by atoms with Crippen molar-refractivity contribution in [1.29, 1.82) is 0 Å². The lowest BCUT2D eigenvalue weighted by Crippen LogP contribution is -3.13. The minimum absolute atomic E-state index is 0.0105. The molecule has 0 aliphatic carbocycles. The van der Waals surface area contributed by atoms with Gasteiger partial charge in [-0.25, -0.2) is 0 Å². The molecule has 0 unspecified atom stereocenters. The second-order valence-electron chi connectivity index (χ2n) is 6.78. The molecule has 1 aliphatic rings. The molecule has 2 aromatic rings. The van der Waals surface area contributed by atoms with E-state index >= 15 is 0 Å². The fraction of sp³-hybridized carbons (Fsp3) is 0.381. The fourth-order valence-electron chi connectivity index (χ4n) is 3.47. The van der Waals surface area contributed by atoms with Crippen LogP contribution in [0.4, 0.5) is 0 Å². The molecule has 1 fully saturated rings. The molecule has 6 nitrogen and oxygen atoms in total. The minimum Gasteiger partial charge on any atom is -0.497 e. The van der Waals surface area contributed by atoms with Gasteiger partial charge in [-0.15, -0.1) is 0 Å². The van der Waals surface area contributed by atoms with Crippen LogP contribution in [0.2, 0.25) is 0 Å². The number of halogens is 1. The number of methoxy groups -OCH3 is 3. The number of rotatable bonds is 6. The van der Waals surface area contributed by atoms with Gasteiger partial charge in [-0.05, 0) is 30.3 Å². The Balaban J connectivity index is 1.64. The van der Waals surface area contributed by atoms with E-state index in [-0.39, 0.29) is 5.91 Å². The molecule has 28 heavy (non-hydrogen) atoms. The van der Waals surface area contributed by atoms with Crippen LogP contribution in [0.3, 0.4) is 0 Å². The summed E-state index contributed by atoms with van der Waals surface area (Å²) in [4.78, 5) is 16.3.